The Bertz CT molecular complexity index is 1510. The van der Waals surface area contributed by atoms with Crippen molar-refractivity contribution in [3.63, 3.8) is 0 Å². The smallest absolute Gasteiger partial charge is 0.338 e. The number of sulfonamides is 1. The molecule has 4 aromatic rings. The van der Waals surface area contributed by atoms with Gasteiger partial charge in [-0.1, -0.05) is 48.5 Å². The average Bonchev–Trinajstić information content (AvgIpc) is 3.31. The van der Waals surface area contributed by atoms with Crippen molar-refractivity contribution in [1.29, 1.82) is 0 Å². The van der Waals surface area contributed by atoms with Crippen LogP contribution in [0.3, 0.4) is 0 Å². The van der Waals surface area contributed by atoms with Gasteiger partial charge in [0.15, 0.2) is 6.61 Å². The summed E-state index contributed by atoms with van der Waals surface area (Å²) in [5.74, 6) is -1.10. The molecule has 0 amide bonds. The molecule has 1 aliphatic heterocycles. The first-order chi connectivity index (χ1) is 16.4. The van der Waals surface area contributed by atoms with E-state index in [9.17, 15) is 18.0 Å². The van der Waals surface area contributed by atoms with Crippen molar-refractivity contribution in [3.05, 3.63) is 101 Å². The molecule has 2 heterocycles. The first-order valence-corrected chi connectivity index (χ1v) is 12.3. The maximum Gasteiger partial charge on any atom is 0.338 e. The Hall–Kier alpha value is -3.75. The second kappa shape index (κ2) is 8.89. The van der Waals surface area contributed by atoms with Gasteiger partial charge in [0.2, 0.25) is 15.8 Å². The molecule has 3 aromatic carbocycles. The number of para-hydroxylation sites is 1. The SMILES string of the molecule is O=C(OCC(=O)c1c[nH]c2ccccc12)c1cccc(S(=O)(=O)N2CCc3ccccc3C2)c1. The Morgan fingerprint density at radius 3 is 2.56 bits per heavy atom. The lowest BCUT2D eigenvalue weighted by Crippen LogP contribution is -2.36. The van der Waals surface area contributed by atoms with Crippen molar-refractivity contribution in [2.75, 3.05) is 13.2 Å². The number of ketones is 1. The van der Waals surface area contributed by atoms with Crippen LogP contribution < -0.4 is 0 Å². The minimum Gasteiger partial charge on any atom is -0.454 e. The second-order valence-corrected chi connectivity index (χ2v) is 10.1. The van der Waals surface area contributed by atoms with E-state index in [0.29, 0.717) is 18.5 Å². The lowest BCUT2D eigenvalue weighted by atomic mass is 10.0. The summed E-state index contributed by atoms with van der Waals surface area (Å²) >= 11 is 0. The number of carbonyl (C=O) groups excluding carboxylic acids is 2. The van der Waals surface area contributed by atoms with Gasteiger partial charge in [-0.25, -0.2) is 13.2 Å². The minimum absolute atomic E-state index is 0.0179. The molecule has 1 aromatic heterocycles. The Morgan fingerprint density at radius 2 is 1.71 bits per heavy atom. The zero-order valence-corrected chi connectivity index (χ0v) is 19.0. The van der Waals surface area contributed by atoms with Gasteiger partial charge in [-0.3, -0.25) is 4.79 Å². The summed E-state index contributed by atoms with van der Waals surface area (Å²) in [6.07, 6.45) is 2.22. The van der Waals surface area contributed by atoms with Crippen LogP contribution >= 0.6 is 0 Å². The standard InChI is InChI=1S/C26H22N2O5S/c29-25(23-15-27-24-11-4-3-10-22(23)24)17-33-26(30)19-8-5-9-21(14-19)34(31,32)28-13-12-18-6-1-2-7-20(18)16-28/h1-11,14-15,27H,12-13,16-17H2. The molecule has 8 heteroatoms. The predicted octanol–water partition coefficient (Wildman–Crippen LogP) is 3.95. The minimum atomic E-state index is -3.80. The van der Waals surface area contributed by atoms with E-state index < -0.39 is 22.6 Å². The van der Waals surface area contributed by atoms with Gasteiger partial charge in [0, 0.05) is 35.8 Å². The molecule has 0 radical (unpaired) electrons. The van der Waals surface area contributed by atoms with Crippen LogP contribution in [0.4, 0.5) is 0 Å². The number of fused-ring (bicyclic) bond motifs is 2. The fourth-order valence-electron chi connectivity index (χ4n) is 4.20. The van der Waals surface area contributed by atoms with Gasteiger partial charge in [-0.05, 0) is 41.8 Å². The number of hydrogen-bond donors (Lipinski definition) is 1. The summed E-state index contributed by atoms with van der Waals surface area (Å²) in [5.41, 5.74) is 3.44. The maximum absolute atomic E-state index is 13.2. The van der Waals surface area contributed by atoms with Crippen molar-refractivity contribution in [2.24, 2.45) is 0 Å². The van der Waals surface area contributed by atoms with Gasteiger partial charge in [0.05, 0.1) is 10.5 Å². The van der Waals surface area contributed by atoms with Crippen LogP contribution in [0.1, 0.15) is 31.8 Å². The summed E-state index contributed by atoms with van der Waals surface area (Å²) < 4.78 is 33.1. The van der Waals surface area contributed by atoms with E-state index in [1.165, 1.54) is 28.6 Å². The number of ether oxygens (including phenoxy) is 1. The van der Waals surface area contributed by atoms with Gasteiger partial charge >= 0.3 is 5.97 Å². The third kappa shape index (κ3) is 4.13. The van der Waals surface area contributed by atoms with Crippen LogP contribution in [-0.4, -0.2) is 42.6 Å². The number of aromatic nitrogens is 1. The third-order valence-electron chi connectivity index (χ3n) is 6.03. The van der Waals surface area contributed by atoms with Gasteiger partial charge < -0.3 is 9.72 Å². The molecule has 0 bridgehead atoms. The van der Waals surface area contributed by atoms with E-state index in [2.05, 4.69) is 4.98 Å². The number of esters is 1. The first-order valence-electron chi connectivity index (χ1n) is 10.9. The summed E-state index contributed by atoms with van der Waals surface area (Å²) in [7, 11) is -3.80. The summed E-state index contributed by atoms with van der Waals surface area (Å²) in [5, 5.41) is 0.750. The molecule has 0 spiro atoms. The number of carbonyl (C=O) groups is 2. The zero-order chi connectivity index (χ0) is 23.7. The van der Waals surface area contributed by atoms with Crippen LogP contribution in [0.15, 0.2) is 83.9 Å². The molecule has 1 N–H and O–H groups in total. The number of Topliss-reactive ketones (excluding diaryl/α,β-unsaturated/α-hetero) is 1. The molecule has 7 nitrogen and oxygen atoms in total. The van der Waals surface area contributed by atoms with Crippen LogP contribution in [0.2, 0.25) is 0 Å². The molecule has 0 atom stereocenters. The van der Waals surface area contributed by atoms with Crippen molar-refractivity contribution in [3.8, 4) is 0 Å². The number of hydrogen-bond acceptors (Lipinski definition) is 5. The molecule has 5 rings (SSSR count). The van der Waals surface area contributed by atoms with Crippen LogP contribution in [-0.2, 0) is 27.7 Å². The van der Waals surface area contributed by atoms with Crippen LogP contribution in [0.5, 0.6) is 0 Å². The fourth-order valence-corrected chi connectivity index (χ4v) is 5.67. The second-order valence-electron chi connectivity index (χ2n) is 8.13. The highest BCUT2D eigenvalue weighted by Crippen LogP contribution is 2.25. The lowest BCUT2D eigenvalue weighted by Gasteiger charge is -2.28. The monoisotopic (exact) mass is 474 g/mol. The average molecular weight is 475 g/mol. The number of H-pyrrole nitrogens is 1. The Balaban J connectivity index is 1.30. The van der Waals surface area contributed by atoms with Crippen LogP contribution in [0.25, 0.3) is 10.9 Å². The van der Waals surface area contributed by atoms with Gasteiger partial charge in [-0.15, -0.1) is 0 Å². The largest absolute Gasteiger partial charge is 0.454 e. The van der Waals surface area contributed by atoms with Crippen molar-refractivity contribution in [1.82, 2.24) is 9.29 Å². The number of benzene rings is 3. The molecule has 0 saturated heterocycles. The van der Waals surface area contributed by atoms with Gasteiger partial charge in [0.1, 0.15) is 0 Å². The lowest BCUT2D eigenvalue weighted by molar-refractivity contribution is 0.0475. The molecule has 0 unspecified atom stereocenters. The summed E-state index contributed by atoms with van der Waals surface area (Å²) in [6.45, 7) is 0.208. The van der Waals surface area contributed by atoms with E-state index in [-0.39, 0.29) is 22.8 Å². The Morgan fingerprint density at radius 1 is 0.941 bits per heavy atom. The number of nitrogens with one attached hydrogen (secondary N) is 1. The molecule has 1 aliphatic rings. The molecular formula is C26H22N2O5S. The molecule has 172 valence electrons. The highest BCUT2D eigenvalue weighted by Gasteiger charge is 2.29. The Kier molecular flexibility index (Phi) is 5.77. The zero-order valence-electron chi connectivity index (χ0n) is 18.2. The fraction of sp³-hybridized carbons (Fsp3) is 0.154. The normalized spacial score (nSPS) is 14.0. The molecule has 0 saturated carbocycles. The summed E-state index contributed by atoms with van der Waals surface area (Å²) in [6, 6.07) is 20.9. The van der Waals surface area contributed by atoms with E-state index >= 15 is 0 Å². The van der Waals surface area contributed by atoms with Crippen LogP contribution in [0, 0.1) is 0 Å². The van der Waals surface area contributed by atoms with Gasteiger partial charge in [-0.2, -0.15) is 4.31 Å². The van der Waals surface area contributed by atoms with Crippen molar-refractivity contribution < 1.29 is 22.7 Å². The highest BCUT2D eigenvalue weighted by molar-refractivity contribution is 7.89. The predicted molar refractivity (Wildman–Crippen MR) is 127 cm³/mol. The highest BCUT2D eigenvalue weighted by atomic mass is 32.2. The molecule has 0 aliphatic carbocycles. The number of nitrogens with zero attached hydrogens (tertiary/aromatic N) is 1. The Labute approximate surface area is 197 Å². The summed E-state index contributed by atoms with van der Waals surface area (Å²) in [4.78, 5) is 28.2. The van der Waals surface area contributed by atoms with E-state index in [1.807, 2.05) is 48.5 Å². The number of aromatic amines is 1. The molecule has 0 fully saturated rings. The van der Waals surface area contributed by atoms with Crippen molar-refractivity contribution in [2.45, 2.75) is 17.9 Å². The maximum atomic E-state index is 13.2. The molecular weight excluding hydrogens is 452 g/mol. The van der Waals surface area contributed by atoms with E-state index in [0.717, 1.165) is 22.0 Å². The van der Waals surface area contributed by atoms with E-state index in [1.54, 1.807) is 6.20 Å². The third-order valence-corrected chi connectivity index (χ3v) is 7.87. The number of rotatable bonds is 6. The van der Waals surface area contributed by atoms with Crippen molar-refractivity contribution >= 4 is 32.7 Å². The first kappa shape index (κ1) is 22.1. The topological polar surface area (TPSA) is 96.5 Å². The molecule has 34 heavy (non-hydrogen) atoms. The van der Waals surface area contributed by atoms with E-state index in [4.69, 9.17) is 4.74 Å². The quantitative estimate of drug-likeness (QED) is 0.337. The van der Waals surface area contributed by atoms with Gasteiger partial charge in [0.25, 0.3) is 0 Å².